The molecule has 4 heteroatoms. The van der Waals surface area contributed by atoms with Crippen molar-refractivity contribution < 1.29 is 4.79 Å². The van der Waals surface area contributed by atoms with Crippen molar-refractivity contribution in [3.63, 3.8) is 0 Å². The number of carbonyl (C=O) groups is 1. The zero-order valence-corrected chi connectivity index (χ0v) is 12.0. The molecule has 0 saturated carbocycles. The van der Waals surface area contributed by atoms with Crippen LogP contribution in [-0.4, -0.2) is 18.0 Å². The maximum Gasteiger partial charge on any atom is 0.220 e. The molecular weight excluding hydrogens is 224 g/mol. The maximum atomic E-state index is 11.4. The molecule has 0 rings (SSSR count). The van der Waals surface area contributed by atoms with Gasteiger partial charge in [0.25, 0.3) is 0 Å². The Labute approximate surface area is 106 Å². The van der Waals surface area contributed by atoms with E-state index >= 15 is 0 Å². The molecule has 1 amide bonds. The Bertz CT molecular complexity index is 204. The summed E-state index contributed by atoms with van der Waals surface area (Å²) in [6.45, 7) is 10.9. The highest BCUT2D eigenvalue weighted by Gasteiger charge is 2.13. The van der Waals surface area contributed by atoms with Crippen LogP contribution in [0.1, 0.15) is 53.9 Å². The monoisotopic (exact) mass is 250 g/mol. The van der Waals surface area contributed by atoms with E-state index in [0.717, 1.165) is 12.8 Å². The summed E-state index contributed by atoms with van der Waals surface area (Å²) in [7, 11) is 0. The Morgan fingerprint density at radius 2 is 1.69 bits per heavy atom. The topological polar surface area (TPSA) is 55.1 Å². The van der Waals surface area contributed by atoms with Crippen molar-refractivity contribution in [2.24, 2.45) is 11.1 Å². The van der Waals surface area contributed by atoms with Gasteiger partial charge in [-0.3, -0.25) is 4.79 Å². The lowest BCUT2D eigenvalue weighted by Crippen LogP contribution is -2.45. The van der Waals surface area contributed by atoms with Crippen LogP contribution in [0.3, 0.4) is 0 Å². The van der Waals surface area contributed by atoms with Crippen molar-refractivity contribution in [1.29, 1.82) is 0 Å². The molecule has 0 fully saturated rings. The first-order valence-corrected chi connectivity index (χ1v) is 5.66. The lowest BCUT2D eigenvalue weighted by atomic mass is 9.90. The van der Waals surface area contributed by atoms with E-state index in [2.05, 4.69) is 26.1 Å². The Balaban J connectivity index is 0. The van der Waals surface area contributed by atoms with Crippen molar-refractivity contribution in [1.82, 2.24) is 5.32 Å². The number of halogens is 1. The SMILES string of the molecule is CC(C)(C)CCCC(=O)NCC(C)(C)N.Cl. The van der Waals surface area contributed by atoms with E-state index in [0.29, 0.717) is 18.4 Å². The number of nitrogens with two attached hydrogens (primary N) is 1. The van der Waals surface area contributed by atoms with E-state index in [1.54, 1.807) is 0 Å². The van der Waals surface area contributed by atoms with Gasteiger partial charge in [-0.25, -0.2) is 0 Å². The lowest BCUT2D eigenvalue weighted by molar-refractivity contribution is -0.121. The van der Waals surface area contributed by atoms with E-state index in [4.69, 9.17) is 5.73 Å². The van der Waals surface area contributed by atoms with Gasteiger partial charge in [0.05, 0.1) is 0 Å². The van der Waals surface area contributed by atoms with Gasteiger partial charge in [0.1, 0.15) is 0 Å². The van der Waals surface area contributed by atoms with Crippen molar-refractivity contribution in [3.8, 4) is 0 Å². The Morgan fingerprint density at radius 1 is 1.19 bits per heavy atom. The second-order valence-corrected chi connectivity index (χ2v) is 6.18. The minimum Gasteiger partial charge on any atom is -0.354 e. The Morgan fingerprint density at radius 3 is 2.06 bits per heavy atom. The van der Waals surface area contributed by atoms with E-state index in [1.165, 1.54) is 0 Å². The summed E-state index contributed by atoms with van der Waals surface area (Å²) in [5.41, 5.74) is 5.76. The molecule has 0 radical (unpaired) electrons. The van der Waals surface area contributed by atoms with Gasteiger partial charge in [-0.05, 0) is 32.1 Å². The van der Waals surface area contributed by atoms with Crippen LogP contribution >= 0.6 is 12.4 Å². The van der Waals surface area contributed by atoms with Crippen LogP contribution in [0.5, 0.6) is 0 Å². The average Bonchev–Trinajstić information content (AvgIpc) is 1.97. The molecule has 3 N–H and O–H groups in total. The first-order valence-electron chi connectivity index (χ1n) is 5.66. The zero-order chi connectivity index (χ0) is 12.1. The summed E-state index contributed by atoms with van der Waals surface area (Å²) in [5.74, 6) is 0.109. The number of amides is 1. The summed E-state index contributed by atoms with van der Waals surface area (Å²) >= 11 is 0. The van der Waals surface area contributed by atoms with Crippen LogP contribution in [0.2, 0.25) is 0 Å². The minimum atomic E-state index is -0.320. The molecule has 0 saturated heterocycles. The van der Waals surface area contributed by atoms with Crippen LogP contribution < -0.4 is 11.1 Å². The third-order valence-corrected chi connectivity index (χ3v) is 2.07. The Kier molecular flexibility index (Phi) is 8.06. The molecule has 0 aromatic rings. The molecule has 0 aromatic heterocycles. The van der Waals surface area contributed by atoms with Gasteiger partial charge in [-0.2, -0.15) is 0 Å². The van der Waals surface area contributed by atoms with Gasteiger partial charge in [-0.1, -0.05) is 20.8 Å². The van der Waals surface area contributed by atoms with Gasteiger partial charge in [0, 0.05) is 18.5 Å². The van der Waals surface area contributed by atoms with E-state index < -0.39 is 0 Å². The van der Waals surface area contributed by atoms with Gasteiger partial charge < -0.3 is 11.1 Å². The van der Waals surface area contributed by atoms with E-state index in [-0.39, 0.29) is 23.9 Å². The minimum absolute atomic E-state index is 0. The fourth-order valence-corrected chi connectivity index (χ4v) is 1.19. The van der Waals surface area contributed by atoms with Crippen LogP contribution in [0.25, 0.3) is 0 Å². The first kappa shape index (κ1) is 18.1. The second kappa shape index (κ2) is 7.13. The van der Waals surface area contributed by atoms with Gasteiger partial charge in [0.15, 0.2) is 0 Å². The second-order valence-electron chi connectivity index (χ2n) is 6.18. The molecule has 0 unspecified atom stereocenters. The largest absolute Gasteiger partial charge is 0.354 e. The molecule has 0 aliphatic heterocycles. The Hall–Kier alpha value is -0.280. The van der Waals surface area contributed by atoms with Crippen LogP contribution in [-0.2, 0) is 4.79 Å². The summed E-state index contributed by atoms with van der Waals surface area (Å²) in [4.78, 5) is 11.4. The quantitative estimate of drug-likeness (QED) is 0.788. The maximum absolute atomic E-state index is 11.4. The number of carbonyl (C=O) groups excluding carboxylic acids is 1. The summed E-state index contributed by atoms with van der Waals surface area (Å²) < 4.78 is 0. The molecule has 0 aliphatic carbocycles. The molecule has 16 heavy (non-hydrogen) atoms. The van der Waals surface area contributed by atoms with Crippen LogP contribution in [0.4, 0.5) is 0 Å². The molecular formula is C12H27ClN2O. The van der Waals surface area contributed by atoms with Crippen LogP contribution in [0.15, 0.2) is 0 Å². The highest BCUT2D eigenvalue weighted by Crippen LogP contribution is 2.21. The first-order chi connectivity index (χ1) is 6.60. The molecule has 3 nitrogen and oxygen atoms in total. The standard InChI is InChI=1S/C12H26N2O.ClH/c1-11(2,3)8-6-7-10(15)14-9-12(4,5)13;/h6-9,13H2,1-5H3,(H,14,15);1H. The fourth-order valence-electron chi connectivity index (χ4n) is 1.19. The third-order valence-electron chi connectivity index (χ3n) is 2.07. The molecule has 98 valence electrons. The number of hydrogen-bond acceptors (Lipinski definition) is 2. The zero-order valence-electron chi connectivity index (χ0n) is 11.2. The predicted molar refractivity (Wildman–Crippen MR) is 71.8 cm³/mol. The van der Waals surface area contributed by atoms with Gasteiger partial charge in [0.2, 0.25) is 5.91 Å². The van der Waals surface area contributed by atoms with Crippen molar-refractivity contribution in [2.75, 3.05) is 6.54 Å². The summed E-state index contributed by atoms with van der Waals surface area (Å²) in [5, 5.41) is 2.84. The van der Waals surface area contributed by atoms with Crippen molar-refractivity contribution in [2.45, 2.75) is 59.4 Å². The molecule has 0 heterocycles. The smallest absolute Gasteiger partial charge is 0.220 e. The third kappa shape index (κ3) is 13.7. The number of nitrogens with one attached hydrogen (secondary N) is 1. The number of hydrogen-bond donors (Lipinski definition) is 2. The van der Waals surface area contributed by atoms with E-state index in [9.17, 15) is 4.79 Å². The highest BCUT2D eigenvalue weighted by atomic mass is 35.5. The molecule has 0 bridgehead atoms. The fraction of sp³-hybridized carbons (Fsp3) is 0.917. The lowest BCUT2D eigenvalue weighted by Gasteiger charge is -2.20. The summed E-state index contributed by atoms with van der Waals surface area (Å²) in [6.07, 6.45) is 2.63. The predicted octanol–water partition coefficient (Wildman–Crippen LogP) is 2.48. The van der Waals surface area contributed by atoms with Gasteiger partial charge in [-0.15, -0.1) is 12.4 Å². The molecule has 0 aromatic carbocycles. The summed E-state index contributed by atoms with van der Waals surface area (Å²) in [6, 6.07) is 0. The van der Waals surface area contributed by atoms with Crippen LogP contribution in [0, 0.1) is 5.41 Å². The molecule has 0 spiro atoms. The molecule has 0 aliphatic rings. The van der Waals surface area contributed by atoms with Crippen molar-refractivity contribution >= 4 is 18.3 Å². The normalized spacial score (nSPS) is 11.9. The number of rotatable bonds is 5. The van der Waals surface area contributed by atoms with E-state index in [1.807, 2.05) is 13.8 Å². The van der Waals surface area contributed by atoms with Crippen molar-refractivity contribution in [3.05, 3.63) is 0 Å². The highest BCUT2D eigenvalue weighted by molar-refractivity contribution is 5.85. The van der Waals surface area contributed by atoms with Gasteiger partial charge >= 0.3 is 0 Å². The molecule has 0 atom stereocenters. The average molecular weight is 251 g/mol.